The number of aromatic nitrogens is 1. The lowest BCUT2D eigenvalue weighted by Gasteiger charge is -2.31. The highest BCUT2D eigenvalue weighted by molar-refractivity contribution is 14.1. The first-order chi connectivity index (χ1) is 20.3. The third-order valence-electron chi connectivity index (χ3n) is 8.59. The Balaban J connectivity index is 1.34. The number of furan rings is 1. The lowest BCUT2D eigenvalue weighted by Crippen LogP contribution is -2.31. The fourth-order valence-electron chi connectivity index (χ4n) is 6.76. The average Bonchev–Trinajstić information content (AvgIpc) is 3.55. The fourth-order valence-corrected chi connectivity index (χ4v) is 7.95. The Morgan fingerprint density at radius 1 is 0.585 bits per heavy atom. The summed E-state index contributed by atoms with van der Waals surface area (Å²) < 4.78 is 9.03. The summed E-state index contributed by atoms with van der Waals surface area (Å²) in [4.78, 5) is 5.39. The zero-order valence-electron chi connectivity index (χ0n) is 22.0. The molecule has 9 rings (SSSR count). The van der Waals surface area contributed by atoms with Crippen molar-refractivity contribution in [2.75, 3.05) is 0 Å². The molecular formula is C37H23IN2O. The van der Waals surface area contributed by atoms with E-state index in [0.29, 0.717) is 0 Å². The van der Waals surface area contributed by atoms with Crippen LogP contribution in [0.2, 0.25) is 0 Å². The van der Waals surface area contributed by atoms with Gasteiger partial charge in [-0.05, 0) is 46.7 Å². The van der Waals surface area contributed by atoms with Crippen LogP contribution in [0.4, 0.5) is 5.69 Å². The van der Waals surface area contributed by atoms with Gasteiger partial charge in [0.1, 0.15) is 17.0 Å². The minimum atomic E-state index is 0.0618. The summed E-state index contributed by atoms with van der Waals surface area (Å²) in [6.45, 7) is 0. The normalized spacial score (nSPS) is 17.0. The van der Waals surface area contributed by atoms with Crippen molar-refractivity contribution in [1.82, 2.24) is 4.57 Å². The van der Waals surface area contributed by atoms with E-state index in [1.807, 2.05) is 6.07 Å². The molecule has 0 amide bonds. The Hall–Kier alpha value is -4.42. The van der Waals surface area contributed by atoms with E-state index in [4.69, 9.17) is 9.41 Å². The smallest absolute Gasteiger partial charge is 0.139 e. The van der Waals surface area contributed by atoms with Gasteiger partial charge in [0.25, 0.3) is 0 Å². The lowest BCUT2D eigenvalue weighted by atomic mass is 9.84. The SMILES string of the molecule is IC1C(n2c3ccccc3c3cc4ccccc4cc32)=Nc2ccccc2[C@@H]1c1cccc2c1oc1ccccc12. The Labute approximate surface area is 249 Å². The first-order valence-electron chi connectivity index (χ1n) is 13.9. The minimum absolute atomic E-state index is 0.0618. The first kappa shape index (κ1) is 23.3. The highest BCUT2D eigenvalue weighted by atomic mass is 127. The summed E-state index contributed by atoms with van der Waals surface area (Å²) in [6.07, 6.45) is 0. The van der Waals surface area contributed by atoms with E-state index in [2.05, 4.69) is 148 Å². The molecule has 0 saturated heterocycles. The van der Waals surface area contributed by atoms with Crippen molar-refractivity contribution >= 4 is 88.6 Å². The van der Waals surface area contributed by atoms with E-state index in [-0.39, 0.29) is 9.84 Å². The third kappa shape index (κ3) is 3.34. The highest BCUT2D eigenvalue weighted by Gasteiger charge is 2.36. The van der Waals surface area contributed by atoms with Gasteiger partial charge in [0.2, 0.25) is 0 Å². The van der Waals surface area contributed by atoms with Crippen molar-refractivity contribution in [3.05, 3.63) is 139 Å². The topological polar surface area (TPSA) is 30.4 Å². The Kier molecular flexibility index (Phi) is 4.99. The molecule has 8 aromatic rings. The molecule has 6 aromatic carbocycles. The monoisotopic (exact) mass is 638 g/mol. The predicted molar refractivity (Wildman–Crippen MR) is 179 cm³/mol. The number of rotatable bonds is 1. The second-order valence-corrected chi connectivity index (χ2v) is 12.1. The highest BCUT2D eigenvalue weighted by Crippen LogP contribution is 2.47. The number of nitrogens with zero attached hydrogens (tertiary/aromatic N) is 2. The fraction of sp³-hybridized carbons (Fsp3) is 0.0541. The Morgan fingerprint density at radius 2 is 1.27 bits per heavy atom. The van der Waals surface area contributed by atoms with Gasteiger partial charge in [-0.25, -0.2) is 4.99 Å². The standard InChI is InChI=1S/C37H23IN2O/c38-35-34(28-16-9-15-26-25-13-5-8-19-33(25)41-36(26)28)27-14-3-6-17-30(27)39-37(35)40-31-18-7-4-12-24(31)29-20-22-10-1-2-11-23(22)21-32(29)40/h1-21,34-35H/t34-,35?/m1/s1. The van der Waals surface area contributed by atoms with E-state index in [1.54, 1.807) is 0 Å². The predicted octanol–water partition coefficient (Wildman–Crippen LogP) is 10.4. The van der Waals surface area contributed by atoms with Crippen molar-refractivity contribution in [1.29, 1.82) is 0 Å². The molecule has 41 heavy (non-hydrogen) atoms. The number of aliphatic imine (C=N–C) groups is 1. The molecule has 0 saturated carbocycles. The number of fused-ring (bicyclic) bond motifs is 8. The van der Waals surface area contributed by atoms with Crippen LogP contribution in [-0.4, -0.2) is 14.3 Å². The van der Waals surface area contributed by atoms with Gasteiger partial charge in [0, 0.05) is 33.0 Å². The molecule has 3 heterocycles. The van der Waals surface area contributed by atoms with Gasteiger partial charge in [-0.1, -0.05) is 120 Å². The molecule has 0 bridgehead atoms. The van der Waals surface area contributed by atoms with Crippen LogP contribution in [0, 0.1) is 0 Å². The van der Waals surface area contributed by atoms with E-state index < -0.39 is 0 Å². The maximum atomic E-state index is 6.56. The summed E-state index contributed by atoms with van der Waals surface area (Å²) in [6, 6.07) is 45.5. The number of benzene rings is 6. The number of hydrogen-bond acceptors (Lipinski definition) is 2. The minimum Gasteiger partial charge on any atom is -0.456 e. The molecule has 0 spiro atoms. The summed E-state index contributed by atoms with van der Waals surface area (Å²) in [5.74, 6) is 1.11. The number of alkyl halides is 1. The van der Waals surface area contributed by atoms with Crippen LogP contribution in [0.25, 0.3) is 54.5 Å². The second kappa shape index (κ2) is 8.79. The number of halogens is 1. The van der Waals surface area contributed by atoms with Crippen LogP contribution in [0.15, 0.2) is 137 Å². The summed E-state index contributed by atoms with van der Waals surface area (Å²) in [5, 5.41) is 7.29. The zero-order chi connectivity index (χ0) is 27.1. The van der Waals surface area contributed by atoms with E-state index in [1.165, 1.54) is 43.7 Å². The van der Waals surface area contributed by atoms with E-state index in [0.717, 1.165) is 33.5 Å². The summed E-state index contributed by atoms with van der Waals surface area (Å²) in [5.41, 5.74) is 7.69. The zero-order valence-corrected chi connectivity index (χ0v) is 24.1. The van der Waals surface area contributed by atoms with Gasteiger partial charge >= 0.3 is 0 Å². The molecular weight excluding hydrogens is 615 g/mol. The van der Waals surface area contributed by atoms with Crippen LogP contribution in [0.1, 0.15) is 17.0 Å². The second-order valence-electron chi connectivity index (χ2n) is 10.8. The molecule has 0 N–H and O–H groups in total. The van der Waals surface area contributed by atoms with Gasteiger partial charge in [-0.2, -0.15) is 0 Å². The number of hydrogen-bond donors (Lipinski definition) is 0. The van der Waals surface area contributed by atoms with Crippen LogP contribution in [0.3, 0.4) is 0 Å². The van der Waals surface area contributed by atoms with Gasteiger partial charge in [0.15, 0.2) is 0 Å². The largest absolute Gasteiger partial charge is 0.456 e. The summed E-state index contributed by atoms with van der Waals surface area (Å²) >= 11 is 2.62. The van der Waals surface area contributed by atoms with E-state index >= 15 is 0 Å². The quantitative estimate of drug-likeness (QED) is 0.130. The molecule has 2 atom stereocenters. The van der Waals surface area contributed by atoms with Gasteiger partial charge in [-0.15, -0.1) is 0 Å². The molecule has 2 aromatic heterocycles. The average molecular weight is 639 g/mol. The maximum Gasteiger partial charge on any atom is 0.139 e. The van der Waals surface area contributed by atoms with Crippen molar-refractivity contribution in [3.8, 4) is 0 Å². The Morgan fingerprint density at radius 3 is 2.17 bits per heavy atom. The van der Waals surface area contributed by atoms with Crippen molar-refractivity contribution in [2.45, 2.75) is 9.84 Å². The van der Waals surface area contributed by atoms with Crippen molar-refractivity contribution < 1.29 is 4.42 Å². The molecule has 4 heteroatoms. The lowest BCUT2D eigenvalue weighted by molar-refractivity contribution is 0.658. The summed E-state index contributed by atoms with van der Waals surface area (Å²) in [7, 11) is 0. The first-order valence-corrected chi connectivity index (χ1v) is 15.1. The van der Waals surface area contributed by atoms with E-state index in [9.17, 15) is 0 Å². The molecule has 194 valence electrons. The molecule has 3 nitrogen and oxygen atoms in total. The number of para-hydroxylation sites is 4. The van der Waals surface area contributed by atoms with Crippen LogP contribution in [0.5, 0.6) is 0 Å². The van der Waals surface area contributed by atoms with Crippen molar-refractivity contribution in [2.24, 2.45) is 4.99 Å². The molecule has 0 radical (unpaired) electrons. The maximum absolute atomic E-state index is 6.56. The van der Waals surface area contributed by atoms with Crippen LogP contribution < -0.4 is 0 Å². The van der Waals surface area contributed by atoms with Crippen LogP contribution >= 0.6 is 22.6 Å². The van der Waals surface area contributed by atoms with Gasteiger partial charge in [0.05, 0.1) is 20.6 Å². The van der Waals surface area contributed by atoms with Gasteiger partial charge in [-0.3, -0.25) is 4.57 Å². The van der Waals surface area contributed by atoms with Crippen molar-refractivity contribution in [3.63, 3.8) is 0 Å². The molecule has 1 aliphatic heterocycles. The molecule has 1 aliphatic rings. The van der Waals surface area contributed by atoms with Gasteiger partial charge < -0.3 is 4.42 Å². The third-order valence-corrected chi connectivity index (χ3v) is 9.86. The Bertz CT molecular complexity index is 2360. The molecule has 0 aliphatic carbocycles. The van der Waals surface area contributed by atoms with Crippen LogP contribution in [-0.2, 0) is 0 Å². The molecule has 0 fully saturated rings. The molecule has 1 unspecified atom stereocenters.